The van der Waals surface area contributed by atoms with Crippen LogP contribution in [0.25, 0.3) is 0 Å². The van der Waals surface area contributed by atoms with E-state index < -0.39 is 0 Å². The van der Waals surface area contributed by atoms with Crippen LogP contribution in [0.4, 0.5) is 11.5 Å². The van der Waals surface area contributed by atoms with Gasteiger partial charge in [-0.2, -0.15) is 0 Å². The molecule has 0 spiro atoms. The minimum Gasteiger partial charge on any atom is -0.396 e. The van der Waals surface area contributed by atoms with Gasteiger partial charge in [-0.25, -0.2) is 4.98 Å². The van der Waals surface area contributed by atoms with Gasteiger partial charge in [-0.05, 0) is 55.6 Å². The van der Waals surface area contributed by atoms with Crippen molar-refractivity contribution in [3.05, 3.63) is 17.8 Å². The monoisotopic (exact) mass is 231 g/mol. The molecule has 0 aromatic carbocycles. The summed E-state index contributed by atoms with van der Waals surface area (Å²) in [5, 5.41) is 3.43. The Morgan fingerprint density at radius 1 is 1.41 bits per heavy atom. The van der Waals surface area contributed by atoms with Crippen LogP contribution in [-0.2, 0) is 0 Å². The topological polar surface area (TPSA) is 50.9 Å². The Morgan fingerprint density at radius 3 is 2.94 bits per heavy atom. The van der Waals surface area contributed by atoms with E-state index >= 15 is 0 Å². The molecule has 1 aromatic rings. The van der Waals surface area contributed by atoms with Crippen LogP contribution in [0, 0.1) is 24.7 Å². The number of fused-ring (bicyclic) bond motifs is 2. The first-order valence-electron chi connectivity index (χ1n) is 6.68. The van der Waals surface area contributed by atoms with Gasteiger partial charge in [0.2, 0.25) is 0 Å². The number of nitrogens with zero attached hydrogens (tertiary/aromatic N) is 1. The Morgan fingerprint density at radius 2 is 2.29 bits per heavy atom. The third-order valence-corrected chi connectivity index (χ3v) is 4.47. The van der Waals surface area contributed by atoms with Gasteiger partial charge in [-0.3, -0.25) is 0 Å². The number of aryl methyl sites for hydroxylation is 1. The molecule has 3 rings (SSSR count). The molecule has 0 saturated heterocycles. The second kappa shape index (κ2) is 4.21. The van der Waals surface area contributed by atoms with Crippen molar-refractivity contribution in [1.82, 2.24) is 4.98 Å². The lowest BCUT2D eigenvalue weighted by molar-refractivity contribution is 0.348. The van der Waals surface area contributed by atoms with E-state index in [2.05, 4.69) is 10.3 Å². The maximum absolute atomic E-state index is 5.96. The zero-order chi connectivity index (χ0) is 11.8. The van der Waals surface area contributed by atoms with E-state index in [-0.39, 0.29) is 0 Å². The molecule has 1 aromatic heterocycles. The molecule has 3 nitrogen and oxygen atoms in total. The molecule has 92 valence electrons. The molecule has 2 aliphatic carbocycles. The zero-order valence-electron chi connectivity index (χ0n) is 10.4. The standard InChI is InChI=1S/C14H21N3/c1-9-4-13(15)14(16-7-9)17-8-12-6-10-2-3-11(12)5-10/h4,7,10-12H,2-3,5-6,8,15H2,1H3,(H,16,17). The number of hydrogen-bond donors (Lipinski definition) is 2. The van der Waals surface area contributed by atoms with Crippen molar-refractivity contribution in [2.75, 3.05) is 17.6 Å². The normalized spacial score (nSPS) is 30.8. The van der Waals surface area contributed by atoms with Crippen molar-refractivity contribution >= 4 is 11.5 Å². The van der Waals surface area contributed by atoms with Gasteiger partial charge in [0.25, 0.3) is 0 Å². The van der Waals surface area contributed by atoms with Gasteiger partial charge in [0.15, 0.2) is 0 Å². The minimum atomic E-state index is 0.771. The molecule has 3 N–H and O–H groups in total. The quantitative estimate of drug-likeness (QED) is 0.841. The number of rotatable bonds is 3. The number of nitrogens with one attached hydrogen (secondary N) is 1. The van der Waals surface area contributed by atoms with E-state index in [0.29, 0.717) is 0 Å². The summed E-state index contributed by atoms with van der Waals surface area (Å²) in [6.07, 6.45) is 7.64. The highest BCUT2D eigenvalue weighted by molar-refractivity contribution is 5.61. The lowest BCUT2D eigenvalue weighted by atomic mass is 9.89. The highest BCUT2D eigenvalue weighted by atomic mass is 15.0. The van der Waals surface area contributed by atoms with Crippen molar-refractivity contribution in [3.8, 4) is 0 Å². The van der Waals surface area contributed by atoms with Crippen LogP contribution in [0.5, 0.6) is 0 Å². The molecule has 17 heavy (non-hydrogen) atoms. The lowest BCUT2D eigenvalue weighted by Gasteiger charge is -2.22. The molecule has 0 amide bonds. The van der Waals surface area contributed by atoms with Gasteiger partial charge in [0.1, 0.15) is 5.82 Å². The van der Waals surface area contributed by atoms with Gasteiger partial charge in [0.05, 0.1) is 5.69 Å². The molecule has 2 fully saturated rings. The van der Waals surface area contributed by atoms with E-state index in [1.165, 1.54) is 25.7 Å². The van der Waals surface area contributed by atoms with E-state index in [0.717, 1.165) is 41.4 Å². The maximum Gasteiger partial charge on any atom is 0.149 e. The number of aromatic nitrogens is 1. The molecule has 0 aliphatic heterocycles. The summed E-state index contributed by atoms with van der Waals surface area (Å²) >= 11 is 0. The van der Waals surface area contributed by atoms with E-state index in [9.17, 15) is 0 Å². The fraction of sp³-hybridized carbons (Fsp3) is 0.643. The molecule has 1 heterocycles. The van der Waals surface area contributed by atoms with Gasteiger partial charge in [-0.1, -0.05) is 6.42 Å². The highest BCUT2D eigenvalue weighted by Gasteiger charge is 2.39. The van der Waals surface area contributed by atoms with Crippen molar-refractivity contribution in [2.45, 2.75) is 32.6 Å². The van der Waals surface area contributed by atoms with Crippen molar-refractivity contribution in [3.63, 3.8) is 0 Å². The van der Waals surface area contributed by atoms with E-state index in [4.69, 9.17) is 5.73 Å². The predicted octanol–water partition coefficient (Wildman–Crippen LogP) is 2.82. The summed E-state index contributed by atoms with van der Waals surface area (Å²) in [6.45, 7) is 3.06. The van der Waals surface area contributed by atoms with Gasteiger partial charge in [-0.15, -0.1) is 0 Å². The number of nitrogens with two attached hydrogens (primary N) is 1. The van der Waals surface area contributed by atoms with Crippen LogP contribution in [-0.4, -0.2) is 11.5 Å². The lowest BCUT2D eigenvalue weighted by Crippen LogP contribution is -2.21. The average molecular weight is 231 g/mol. The molecular weight excluding hydrogens is 210 g/mol. The SMILES string of the molecule is Cc1cnc(NCC2CC3CCC2C3)c(N)c1. The second-order valence-corrected chi connectivity index (χ2v) is 5.77. The largest absolute Gasteiger partial charge is 0.396 e. The van der Waals surface area contributed by atoms with Crippen molar-refractivity contribution in [1.29, 1.82) is 0 Å². The van der Waals surface area contributed by atoms with Gasteiger partial charge < -0.3 is 11.1 Å². The fourth-order valence-electron chi connectivity index (χ4n) is 3.59. The van der Waals surface area contributed by atoms with Gasteiger partial charge in [0, 0.05) is 12.7 Å². The van der Waals surface area contributed by atoms with Crippen LogP contribution >= 0.6 is 0 Å². The Bertz CT molecular complexity index is 416. The molecule has 2 aliphatic rings. The molecule has 2 saturated carbocycles. The minimum absolute atomic E-state index is 0.771. The summed E-state index contributed by atoms with van der Waals surface area (Å²) in [7, 11) is 0. The third kappa shape index (κ3) is 2.11. The van der Waals surface area contributed by atoms with Crippen LogP contribution in [0.3, 0.4) is 0 Å². The van der Waals surface area contributed by atoms with E-state index in [1.807, 2.05) is 19.2 Å². The summed E-state index contributed by atoms with van der Waals surface area (Å²) < 4.78 is 0. The van der Waals surface area contributed by atoms with Crippen LogP contribution in [0.15, 0.2) is 12.3 Å². The average Bonchev–Trinajstić information content (AvgIpc) is 2.89. The Balaban J connectivity index is 1.60. The fourth-order valence-corrected chi connectivity index (χ4v) is 3.59. The van der Waals surface area contributed by atoms with Gasteiger partial charge >= 0.3 is 0 Å². The van der Waals surface area contributed by atoms with E-state index in [1.54, 1.807) is 0 Å². The van der Waals surface area contributed by atoms with Crippen LogP contribution < -0.4 is 11.1 Å². The summed E-state index contributed by atoms with van der Waals surface area (Å²) in [5.74, 6) is 3.67. The molecular formula is C14H21N3. The first-order valence-corrected chi connectivity index (χ1v) is 6.68. The Labute approximate surface area is 103 Å². The second-order valence-electron chi connectivity index (χ2n) is 5.77. The molecule has 0 radical (unpaired) electrons. The van der Waals surface area contributed by atoms with Crippen LogP contribution in [0.2, 0.25) is 0 Å². The summed E-state index contributed by atoms with van der Waals surface area (Å²) in [5.41, 5.74) is 7.85. The van der Waals surface area contributed by atoms with Crippen LogP contribution in [0.1, 0.15) is 31.2 Å². The number of pyridine rings is 1. The summed E-state index contributed by atoms with van der Waals surface area (Å²) in [6, 6.07) is 1.98. The highest BCUT2D eigenvalue weighted by Crippen LogP contribution is 2.48. The molecule has 2 bridgehead atoms. The smallest absolute Gasteiger partial charge is 0.149 e. The third-order valence-electron chi connectivity index (χ3n) is 4.47. The first-order chi connectivity index (χ1) is 8.22. The number of hydrogen-bond acceptors (Lipinski definition) is 3. The number of nitrogen functional groups attached to an aromatic ring is 1. The molecule has 3 heteroatoms. The number of anilines is 2. The molecule has 3 atom stereocenters. The van der Waals surface area contributed by atoms with Crippen molar-refractivity contribution in [2.24, 2.45) is 17.8 Å². The molecule has 3 unspecified atom stereocenters. The maximum atomic E-state index is 5.96. The Kier molecular flexibility index (Phi) is 2.69. The van der Waals surface area contributed by atoms with Crippen molar-refractivity contribution < 1.29 is 0 Å². The Hall–Kier alpha value is -1.25. The predicted molar refractivity (Wildman–Crippen MR) is 70.8 cm³/mol. The zero-order valence-corrected chi connectivity index (χ0v) is 10.4. The first kappa shape index (κ1) is 10.9. The summed E-state index contributed by atoms with van der Waals surface area (Å²) in [4.78, 5) is 4.36.